The maximum Gasteiger partial charge on any atom is 0.234 e. The fourth-order valence-electron chi connectivity index (χ4n) is 3.47. The lowest BCUT2D eigenvalue weighted by Crippen LogP contribution is -2.52. The van der Waals surface area contributed by atoms with Gasteiger partial charge in [0.05, 0.1) is 19.1 Å². The van der Waals surface area contributed by atoms with Gasteiger partial charge >= 0.3 is 0 Å². The molecule has 7 heteroatoms. The number of ether oxygens (including phenoxy) is 1. The molecule has 138 valence electrons. The Morgan fingerprint density at radius 3 is 2.42 bits per heavy atom. The van der Waals surface area contributed by atoms with E-state index in [1.807, 2.05) is 4.90 Å². The van der Waals surface area contributed by atoms with Crippen molar-refractivity contribution >= 4 is 11.8 Å². The van der Waals surface area contributed by atoms with E-state index in [0.717, 1.165) is 25.9 Å². The molecule has 2 fully saturated rings. The smallest absolute Gasteiger partial charge is 0.234 e. The number of carbonyl (C=O) groups is 2. The molecule has 2 amide bonds. The van der Waals surface area contributed by atoms with Crippen molar-refractivity contribution in [3.8, 4) is 0 Å². The molecule has 1 saturated heterocycles. The van der Waals surface area contributed by atoms with E-state index in [1.165, 1.54) is 19.3 Å². The van der Waals surface area contributed by atoms with E-state index in [4.69, 9.17) is 10.5 Å². The predicted octanol–water partition coefficient (Wildman–Crippen LogP) is -0.0567. The van der Waals surface area contributed by atoms with Crippen molar-refractivity contribution in [2.75, 3.05) is 46.4 Å². The van der Waals surface area contributed by atoms with Crippen LogP contribution in [0.2, 0.25) is 0 Å². The molecule has 2 rings (SSSR count). The average molecular weight is 340 g/mol. The highest BCUT2D eigenvalue weighted by atomic mass is 16.5. The first-order valence-corrected chi connectivity index (χ1v) is 9.14. The highest BCUT2D eigenvalue weighted by molar-refractivity contribution is 5.78. The van der Waals surface area contributed by atoms with Gasteiger partial charge in [0.25, 0.3) is 0 Å². The molecule has 1 saturated carbocycles. The summed E-state index contributed by atoms with van der Waals surface area (Å²) in [5.41, 5.74) is 5.57. The molecule has 1 atom stereocenters. The molecule has 7 nitrogen and oxygen atoms in total. The van der Waals surface area contributed by atoms with Crippen molar-refractivity contribution in [3.63, 3.8) is 0 Å². The summed E-state index contributed by atoms with van der Waals surface area (Å²) in [6.07, 6.45) is 6.06. The van der Waals surface area contributed by atoms with Crippen LogP contribution in [0, 0.1) is 0 Å². The normalized spacial score (nSPS) is 21.5. The maximum absolute atomic E-state index is 12.2. The lowest BCUT2D eigenvalue weighted by Gasteiger charge is -2.35. The zero-order valence-corrected chi connectivity index (χ0v) is 14.8. The van der Waals surface area contributed by atoms with Crippen LogP contribution in [0.3, 0.4) is 0 Å². The van der Waals surface area contributed by atoms with E-state index in [1.54, 1.807) is 7.11 Å². The van der Waals surface area contributed by atoms with Crippen LogP contribution in [0.25, 0.3) is 0 Å². The van der Waals surface area contributed by atoms with Crippen LogP contribution < -0.4 is 11.1 Å². The molecule has 0 spiro atoms. The molecule has 3 N–H and O–H groups in total. The first kappa shape index (κ1) is 19.1. The molecule has 0 aromatic heterocycles. The third-order valence-electron chi connectivity index (χ3n) is 5.06. The zero-order valence-electron chi connectivity index (χ0n) is 14.8. The molecule has 0 aromatic rings. The van der Waals surface area contributed by atoms with Crippen LogP contribution in [-0.2, 0) is 14.3 Å². The fraction of sp³-hybridized carbons (Fsp3) is 0.882. The second-order valence-corrected chi connectivity index (χ2v) is 6.86. The SMILES string of the molecule is COC(CN)CC(=O)N1CCN(CC(=O)NC2CCCCC2)CC1. The number of methoxy groups -OCH3 is 1. The molecule has 0 radical (unpaired) electrons. The van der Waals surface area contributed by atoms with Crippen molar-refractivity contribution in [1.82, 2.24) is 15.1 Å². The van der Waals surface area contributed by atoms with Crippen LogP contribution in [0.1, 0.15) is 38.5 Å². The number of hydrogen-bond acceptors (Lipinski definition) is 5. The summed E-state index contributed by atoms with van der Waals surface area (Å²) in [6, 6.07) is 0.358. The van der Waals surface area contributed by atoms with Crippen molar-refractivity contribution in [2.24, 2.45) is 5.73 Å². The number of nitrogens with one attached hydrogen (secondary N) is 1. The first-order chi connectivity index (χ1) is 11.6. The van der Waals surface area contributed by atoms with E-state index in [-0.39, 0.29) is 17.9 Å². The number of piperazine rings is 1. The minimum Gasteiger partial charge on any atom is -0.380 e. The van der Waals surface area contributed by atoms with Crippen molar-refractivity contribution in [2.45, 2.75) is 50.7 Å². The Bertz CT molecular complexity index is 401. The number of nitrogens with zero attached hydrogens (tertiary/aromatic N) is 2. The quantitative estimate of drug-likeness (QED) is 0.678. The molecule has 1 heterocycles. The topological polar surface area (TPSA) is 87.9 Å². The minimum atomic E-state index is -0.211. The standard InChI is InChI=1S/C17H32N4O3/c1-24-15(12-18)11-17(23)21-9-7-20(8-10-21)13-16(22)19-14-5-3-2-4-6-14/h14-15H,2-13,18H2,1H3,(H,19,22). The summed E-state index contributed by atoms with van der Waals surface area (Å²) in [4.78, 5) is 28.3. The van der Waals surface area contributed by atoms with Gasteiger partial charge in [0.1, 0.15) is 0 Å². The number of rotatable bonds is 7. The Hall–Kier alpha value is -1.18. The van der Waals surface area contributed by atoms with E-state index < -0.39 is 0 Å². The molecule has 2 aliphatic rings. The van der Waals surface area contributed by atoms with E-state index in [9.17, 15) is 9.59 Å². The highest BCUT2D eigenvalue weighted by Gasteiger charge is 2.24. The van der Waals surface area contributed by atoms with Gasteiger partial charge in [0.2, 0.25) is 11.8 Å². The van der Waals surface area contributed by atoms with Gasteiger partial charge in [-0.3, -0.25) is 14.5 Å². The van der Waals surface area contributed by atoms with E-state index in [0.29, 0.717) is 38.6 Å². The van der Waals surface area contributed by atoms with Crippen molar-refractivity contribution in [3.05, 3.63) is 0 Å². The van der Waals surface area contributed by atoms with E-state index >= 15 is 0 Å². The van der Waals surface area contributed by atoms with Gasteiger partial charge in [0.15, 0.2) is 0 Å². The molecule has 1 aliphatic heterocycles. The summed E-state index contributed by atoms with van der Waals surface area (Å²) in [7, 11) is 1.58. The Kier molecular flexibility index (Phi) is 7.94. The number of amides is 2. The Morgan fingerprint density at radius 2 is 1.83 bits per heavy atom. The third-order valence-corrected chi connectivity index (χ3v) is 5.06. The van der Waals surface area contributed by atoms with E-state index in [2.05, 4.69) is 10.2 Å². The van der Waals surface area contributed by atoms with Gasteiger partial charge in [-0.2, -0.15) is 0 Å². The summed E-state index contributed by atoms with van der Waals surface area (Å²) >= 11 is 0. The number of hydrogen-bond donors (Lipinski definition) is 2. The van der Waals surface area contributed by atoms with Crippen LogP contribution in [0.4, 0.5) is 0 Å². The van der Waals surface area contributed by atoms with Crippen molar-refractivity contribution < 1.29 is 14.3 Å². The number of carbonyl (C=O) groups excluding carboxylic acids is 2. The molecule has 0 aromatic carbocycles. The van der Waals surface area contributed by atoms with Gasteiger partial charge in [-0.25, -0.2) is 0 Å². The summed E-state index contributed by atoms with van der Waals surface area (Å²) in [6.45, 7) is 3.59. The fourth-order valence-corrected chi connectivity index (χ4v) is 3.47. The monoisotopic (exact) mass is 340 g/mol. The van der Waals surface area contributed by atoms with Crippen LogP contribution in [0.15, 0.2) is 0 Å². The largest absolute Gasteiger partial charge is 0.380 e. The highest BCUT2D eigenvalue weighted by Crippen LogP contribution is 2.17. The van der Waals surface area contributed by atoms with Crippen LogP contribution in [0.5, 0.6) is 0 Å². The van der Waals surface area contributed by atoms with Gasteiger partial charge in [0, 0.05) is 45.9 Å². The second kappa shape index (κ2) is 9.96. The summed E-state index contributed by atoms with van der Waals surface area (Å²) in [5.74, 6) is 0.197. The number of nitrogens with two attached hydrogens (primary N) is 1. The molecule has 1 unspecified atom stereocenters. The Morgan fingerprint density at radius 1 is 1.17 bits per heavy atom. The summed E-state index contributed by atoms with van der Waals surface area (Å²) < 4.78 is 5.17. The van der Waals surface area contributed by atoms with Crippen molar-refractivity contribution in [1.29, 1.82) is 0 Å². The van der Waals surface area contributed by atoms with Gasteiger partial charge in [-0.1, -0.05) is 19.3 Å². The van der Waals surface area contributed by atoms with Crippen LogP contribution in [-0.4, -0.2) is 80.1 Å². The molecular weight excluding hydrogens is 308 g/mol. The molecular formula is C17H32N4O3. The molecule has 1 aliphatic carbocycles. The Balaban J connectivity index is 1.66. The van der Waals surface area contributed by atoms with Gasteiger partial charge in [-0.05, 0) is 12.8 Å². The third kappa shape index (κ3) is 6.03. The average Bonchev–Trinajstić information content (AvgIpc) is 2.60. The molecule has 0 bridgehead atoms. The maximum atomic E-state index is 12.2. The lowest BCUT2D eigenvalue weighted by atomic mass is 9.95. The predicted molar refractivity (Wildman–Crippen MR) is 92.5 cm³/mol. The van der Waals surface area contributed by atoms with Gasteiger partial charge < -0.3 is 20.7 Å². The lowest BCUT2D eigenvalue weighted by molar-refractivity contribution is -0.135. The summed E-state index contributed by atoms with van der Waals surface area (Å²) in [5, 5.41) is 3.15. The first-order valence-electron chi connectivity index (χ1n) is 9.14. The minimum absolute atomic E-state index is 0.0820. The Labute approximate surface area is 144 Å². The van der Waals surface area contributed by atoms with Gasteiger partial charge in [-0.15, -0.1) is 0 Å². The zero-order chi connectivity index (χ0) is 17.4. The molecule has 24 heavy (non-hydrogen) atoms. The second-order valence-electron chi connectivity index (χ2n) is 6.86. The van der Waals surface area contributed by atoms with Crippen LogP contribution >= 0.6 is 0 Å².